The molecule has 0 saturated carbocycles. The van der Waals surface area contributed by atoms with Gasteiger partial charge in [-0.15, -0.1) is 0 Å². The highest BCUT2D eigenvalue weighted by molar-refractivity contribution is 7.09. The lowest BCUT2D eigenvalue weighted by atomic mass is 10.1. The lowest BCUT2D eigenvalue weighted by molar-refractivity contribution is -0.133. The third-order valence-corrected chi connectivity index (χ3v) is 5.76. The molecule has 7 heteroatoms. The van der Waals surface area contributed by atoms with Gasteiger partial charge in [-0.05, 0) is 31.0 Å². The van der Waals surface area contributed by atoms with E-state index in [1.807, 2.05) is 4.90 Å². The molecular weight excluding hydrogens is 363 g/mol. The lowest BCUT2D eigenvalue weighted by Gasteiger charge is -2.39. The van der Waals surface area contributed by atoms with Crippen molar-refractivity contribution in [3.8, 4) is 0 Å². The van der Waals surface area contributed by atoms with Crippen LogP contribution in [0.3, 0.4) is 0 Å². The molecular formula is C20H27FN4OS. The minimum atomic E-state index is -0.234. The minimum Gasteiger partial charge on any atom is -0.343 e. The van der Waals surface area contributed by atoms with Crippen LogP contribution in [-0.2, 0) is 11.2 Å². The van der Waals surface area contributed by atoms with Gasteiger partial charge in [0.25, 0.3) is 0 Å². The number of piperazine rings is 1. The molecule has 1 aliphatic heterocycles. The molecule has 1 fully saturated rings. The van der Waals surface area contributed by atoms with Crippen molar-refractivity contribution in [2.75, 3.05) is 24.5 Å². The van der Waals surface area contributed by atoms with Crippen molar-refractivity contribution in [2.45, 2.75) is 52.0 Å². The maximum absolute atomic E-state index is 13.0. The standard InChI is InChI=1S/C20H27FN4OS/c1-3-4-5-6-19(26)25-12-11-24(14-15(25)2)20-22-18(23-27-20)13-16-7-9-17(21)10-8-16/h7-10,15H,3-6,11-14H2,1-2H3. The molecule has 3 rings (SSSR count). The zero-order valence-corrected chi connectivity index (χ0v) is 16.8. The molecule has 0 aliphatic carbocycles. The number of halogens is 1. The molecule has 1 aliphatic rings. The van der Waals surface area contributed by atoms with Gasteiger partial charge in [-0.3, -0.25) is 4.79 Å². The van der Waals surface area contributed by atoms with Crippen LogP contribution in [0.4, 0.5) is 9.52 Å². The monoisotopic (exact) mass is 390 g/mol. The van der Waals surface area contributed by atoms with E-state index >= 15 is 0 Å². The first-order chi connectivity index (χ1) is 13.1. The quantitative estimate of drug-likeness (QED) is 0.673. The summed E-state index contributed by atoms with van der Waals surface area (Å²) in [5, 5.41) is 0.900. The number of unbranched alkanes of at least 4 members (excludes halogenated alkanes) is 2. The molecule has 2 aromatic rings. The molecule has 1 atom stereocenters. The molecule has 0 bridgehead atoms. The first-order valence-electron chi connectivity index (χ1n) is 9.68. The summed E-state index contributed by atoms with van der Waals surface area (Å²) in [5.41, 5.74) is 0.997. The van der Waals surface area contributed by atoms with Gasteiger partial charge in [0.05, 0.1) is 0 Å². The zero-order valence-electron chi connectivity index (χ0n) is 16.0. The number of hydrogen-bond donors (Lipinski definition) is 0. The van der Waals surface area contributed by atoms with Crippen LogP contribution in [0.15, 0.2) is 24.3 Å². The van der Waals surface area contributed by atoms with Crippen LogP contribution in [0.5, 0.6) is 0 Å². The van der Waals surface area contributed by atoms with Crippen LogP contribution >= 0.6 is 11.5 Å². The number of anilines is 1. The number of amides is 1. The number of carbonyl (C=O) groups excluding carboxylic acids is 1. The topological polar surface area (TPSA) is 49.3 Å². The molecule has 0 spiro atoms. The second kappa shape index (κ2) is 9.26. The van der Waals surface area contributed by atoms with Crippen LogP contribution in [-0.4, -0.2) is 45.8 Å². The molecule has 1 aromatic carbocycles. The fourth-order valence-corrected chi connectivity index (χ4v) is 4.12. The number of benzene rings is 1. The maximum Gasteiger partial charge on any atom is 0.222 e. The van der Waals surface area contributed by atoms with Gasteiger partial charge in [-0.25, -0.2) is 9.37 Å². The summed E-state index contributed by atoms with van der Waals surface area (Å²) < 4.78 is 17.5. The van der Waals surface area contributed by atoms with E-state index < -0.39 is 0 Å². The van der Waals surface area contributed by atoms with Gasteiger partial charge >= 0.3 is 0 Å². The molecule has 0 N–H and O–H groups in total. The summed E-state index contributed by atoms with van der Waals surface area (Å²) in [5.74, 6) is 0.791. The Labute approximate surface area is 164 Å². The average Bonchev–Trinajstić information content (AvgIpc) is 3.12. The molecule has 1 unspecified atom stereocenters. The van der Waals surface area contributed by atoms with Crippen molar-refractivity contribution in [3.63, 3.8) is 0 Å². The Hall–Kier alpha value is -2.02. The van der Waals surface area contributed by atoms with Crippen molar-refractivity contribution < 1.29 is 9.18 Å². The average molecular weight is 391 g/mol. The second-order valence-corrected chi connectivity index (χ2v) is 7.87. The lowest BCUT2D eigenvalue weighted by Crippen LogP contribution is -2.54. The number of nitrogens with zero attached hydrogens (tertiary/aromatic N) is 4. The summed E-state index contributed by atoms with van der Waals surface area (Å²) in [6, 6.07) is 6.63. The van der Waals surface area contributed by atoms with Crippen molar-refractivity contribution in [3.05, 3.63) is 41.5 Å². The molecule has 2 heterocycles. The number of carbonyl (C=O) groups is 1. The highest BCUT2D eigenvalue weighted by Crippen LogP contribution is 2.23. The van der Waals surface area contributed by atoms with Gasteiger partial charge in [0.15, 0.2) is 0 Å². The van der Waals surface area contributed by atoms with Gasteiger partial charge in [0.2, 0.25) is 11.0 Å². The predicted octanol–water partition coefficient (Wildman–Crippen LogP) is 3.89. The van der Waals surface area contributed by atoms with Crippen LogP contribution in [0.25, 0.3) is 0 Å². The van der Waals surface area contributed by atoms with Crippen LogP contribution in [0.1, 0.15) is 50.9 Å². The van der Waals surface area contributed by atoms with Crippen molar-refractivity contribution in [1.29, 1.82) is 0 Å². The zero-order chi connectivity index (χ0) is 19.2. The Morgan fingerprint density at radius 2 is 2.04 bits per heavy atom. The normalized spacial score (nSPS) is 17.4. The van der Waals surface area contributed by atoms with E-state index in [9.17, 15) is 9.18 Å². The Bertz CT molecular complexity index is 749. The van der Waals surface area contributed by atoms with E-state index in [2.05, 4.69) is 28.1 Å². The second-order valence-electron chi connectivity index (χ2n) is 7.14. The minimum absolute atomic E-state index is 0.178. The number of rotatable bonds is 7. The summed E-state index contributed by atoms with van der Waals surface area (Å²) in [6.45, 7) is 6.56. The van der Waals surface area contributed by atoms with Gasteiger partial charge in [-0.1, -0.05) is 31.9 Å². The first-order valence-corrected chi connectivity index (χ1v) is 10.5. The molecule has 1 amide bonds. The predicted molar refractivity (Wildman–Crippen MR) is 107 cm³/mol. The van der Waals surface area contributed by atoms with E-state index in [-0.39, 0.29) is 17.8 Å². The highest BCUT2D eigenvalue weighted by atomic mass is 32.1. The largest absolute Gasteiger partial charge is 0.343 e. The van der Waals surface area contributed by atoms with Gasteiger partial charge < -0.3 is 9.80 Å². The smallest absolute Gasteiger partial charge is 0.222 e. The van der Waals surface area contributed by atoms with Crippen LogP contribution < -0.4 is 4.90 Å². The molecule has 0 radical (unpaired) electrons. The van der Waals surface area contributed by atoms with Crippen molar-refractivity contribution in [2.24, 2.45) is 0 Å². The Morgan fingerprint density at radius 1 is 1.26 bits per heavy atom. The van der Waals surface area contributed by atoms with E-state index in [0.29, 0.717) is 12.8 Å². The van der Waals surface area contributed by atoms with Gasteiger partial charge in [0.1, 0.15) is 11.6 Å². The van der Waals surface area contributed by atoms with Crippen molar-refractivity contribution in [1.82, 2.24) is 14.3 Å². The Morgan fingerprint density at radius 3 is 2.74 bits per heavy atom. The third-order valence-electron chi connectivity index (χ3n) is 4.95. The SMILES string of the molecule is CCCCCC(=O)N1CCN(c2nc(Cc3ccc(F)cc3)ns2)CC1C. The highest BCUT2D eigenvalue weighted by Gasteiger charge is 2.28. The fourth-order valence-electron chi connectivity index (χ4n) is 3.40. The Balaban J connectivity index is 1.55. The van der Waals surface area contributed by atoms with Crippen LogP contribution in [0, 0.1) is 5.82 Å². The van der Waals surface area contributed by atoms with E-state index in [4.69, 9.17) is 0 Å². The number of hydrogen-bond acceptors (Lipinski definition) is 5. The molecule has 1 aromatic heterocycles. The molecule has 5 nitrogen and oxygen atoms in total. The van der Waals surface area contributed by atoms with Gasteiger partial charge in [-0.2, -0.15) is 4.37 Å². The maximum atomic E-state index is 13.0. The van der Waals surface area contributed by atoms with E-state index in [0.717, 1.165) is 55.4 Å². The summed E-state index contributed by atoms with van der Waals surface area (Å²) in [7, 11) is 0. The third kappa shape index (κ3) is 5.25. The van der Waals surface area contributed by atoms with Crippen molar-refractivity contribution >= 4 is 22.6 Å². The molecule has 146 valence electrons. The first kappa shape index (κ1) is 19.7. The fraction of sp³-hybridized carbons (Fsp3) is 0.550. The Kier molecular flexibility index (Phi) is 6.77. The number of aromatic nitrogens is 2. The van der Waals surface area contributed by atoms with E-state index in [1.165, 1.54) is 23.7 Å². The molecule has 1 saturated heterocycles. The summed E-state index contributed by atoms with van der Waals surface area (Å²) in [4.78, 5) is 21.3. The van der Waals surface area contributed by atoms with Crippen LogP contribution in [0.2, 0.25) is 0 Å². The summed E-state index contributed by atoms with van der Waals surface area (Å²) in [6.07, 6.45) is 4.47. The summed E-state index contributed by atoms with van der Waals surface area (Å²) >= 11 is 1.39. The molecule has 27 heavy (non-hydrogen) atoms. The van der Waals surface area contributed by atoms with Gasteiger partial charge in [0, 0.05) is 50.1 Å². The van der Waals surface area contributed by atoms with E-state index in [1.54, 1.807) is 12.1 Å².